The molecule has 0 unspecified atom stereocenters. The summed E-state index contributed by atoms with van der Waals surface area (Å²) in [5.74, 6) is 1.02. The smallest absolute Gasteiger partial charge is 0.265 e. The minimum atomic E-state index is -3.88. The average Bonchev–Trinajstić information content (AvgIpc) is 3.02. The third-order valence-electron chi connectivity index (χ3n) is 3.10. The van der Waals surface area contributed by atoms with Crippen molar-refractivity contribution in [3.63, 3.8) is 0 Å². The normalized spacial score (nSPS) is 10.7. The highest BCUT2D eigenvalue weighted by Gasteiger charge is 2.23. The molecule has 0 atom stereocenters. The first kappa shape index (κ1) is 24.0. The zero-order valence-electron chi connectivity index (χ0n) is 14.8. The summed E-state index contributed by atoms with van der Waals surface area (Å²) in [4.78, 5) is 7.66. The molecular formula is C16H13BrCl3N3O4S2. The fourth-order valence-electron chi connectivity index (χ4n) is 1.85. The first-order chi connectivity index (χ1) is 13.7. The Hall–Kier alpha value is -1.30. The number of halogens is 4. The topological polar surface area (TPSA) is 90.4 Å². The standard InChI is InChI=1S/C10H7BrCl2N2O3S2.C6H6ClNO/c1-18-6-2-5(11)4-14-10(6)15-20(16,17)7-3-8(12)19-9(7)13;1-9-6-2-5(7)3-8-4-6/h2-4H,1H3,(H,14,15);2-4H,1H3. The average molecular weight is 562 g/mol. The van der Waals surface area contributed by atoms with Crippen molar-refractivity contribution in [2.75, 3.05) is 18.9 Å². The molecule has 0 amide bonds. The van der Waals surface area contributed by atoms with Gasteiger partial charge in [0.25, 0.3) is 10.0 Å². The van der Waals surface area contributed by atoms with E-state index in [9.17, 15) is 8.42 Å². The zero-order chi connectivity index (χ0) is 21.6. The molecule has 0 saturated heterocycles. The van der Waals surface area contributed by atoms with Crippen LogP contribution in [0.1, 0.15) is 0 Å². The van der Waals surface area contributed by atoms with Crippen molar-refractivity contribution in [1.29, 1.82) is 0 Å². The Balaban J connectivity index is 0.000000278. The van der Waals surface area contributed by atoms with E-state index in [-0.39, 0.29) is 25.1 Å². The quantitative estimate of drug-likeness (QED) is 0.426. The minimum Gasteiger partial charge on any atom is -0.495 e. The molecular weight excluding hydrogens is 549 g/mol. The van der Waals surface area contributed by atoms with Crippen LogP contribution < -0.4 is 14.2 Å². The van der Waals surface area contributed by atoms with Crippen LogP contribution in [0.15, 0.2) is 46.2 Å². The largest absolute Gasteiger partial charge is 0.495 e. The number of hydrogen-bond donors (Lipinski definition) is 1. The van der Waals surface area contributed by atoms with E-state index in [1.165, 1.54) is 19.4 Å². The van der Waals surface area contributed by atoms with Crippen LogP contribution in [-0.2, 0) is 10.0 Å². The van der Waals surface area contributed by atoms with E-state index in [4.69, 9.17) is 44.3 Å². The molecule has 3 aromatic heterocycles. The summed E-state index contributed by atoms with van der Waals surface area (Å²) in [6.07, 6.45) is 4.61. The molecule has 29 heavy (non-hydrogen) atoms. The van der Waals surface area contributed by atoms with Crippen molar-refractivity contribution in [2.24, 2.45) is 0 Å². The number of sulfonamides is 1. The molecule has 0 radical (unpaired) electrons. The lowest BCUT2D eigenvalue weighted by Crippen LogP contribution is -2.14. The number of hydrogen-bond acceptors (Lipinski definition) is 7. The van der Waals surface area contributed by atoms with Crippen LogP contribution in [0.25, 0.3) is 0 Å². The number of pyridine rings is 2. The fourth-order valence-corrected chi connectivity index (χ4v) is 5.49. The van der Waals surface area contributed by atoms with Crippen molar-refractivity contribution < 1.29 is 17.9 Å². The highest BCUT2D eigenvalue weighted by molar-refractivity contribution is 9.10. The van der Waals surface area contributed by atoms with E-state index >= 15 is 0 Å². The van der Waals surface area contributed by atoms with E-state index in [0.717, 1.165) is 11.3 Å². The van der Waals surface area contributed by atoms with E-state index in [1.54, 1.807) is 31.6 Å². The molecule has 156 valence electrons. The Morgan fingerprint density at radius 2 is 1.79 bits per heavy atom. The van der Waals surface area contributed by atoms with Gasteiger partial charge >= 0.3 is 0 Å². The number of methoxy groups -OCH3 is 2. The maximum absolute atomic E-state index is 12.2. The number of nitrogens with zero attached hydrogens (tertiary/aromatic N) is 2. The molecule has 3 aromatic rings. The lowest BCUT2D eigenvalue weighted by Gasteiger charge is -2.10. The van der Waals surface area contributed by atoms with Gasteiger partial charge in [0, 0.05) is 22.9 Å². The van der Waals surface area contributed by atoms with Gasteiger partial charge in [-0.1, -0.05) is 34.8 Å². The van der Waals surface area contributed by atoms with Crippen LogP contribution in [0.5, 0.6) is 11.5 Å². The SMILES string of the molecule is COc1cc(Br)cnc1NS(=O)(=O)c1cc(Cl)sc1Cl.COc1cncc(Cl)c1. The van der Waals surface area contributed by atoms with Crippen molar-refractivity contribution >= 4 is 77.9 Å². The summed E-state index contributed by atoms with van der Waals surface area (Å²) in [6.45, 7) is 0. The maximum Gasteiger partial charge on any atom is 0.265 e. The summed E-state index contributed by atoms with van der Waals surface area (Å²) in [7, 11) is -0.893. The number of rotatable bonds is 5. The summed E-state index contributed by atoms with van der Waals surface area (Å²) in [5.41, 5.74) is 0. The maximum atomic E-state index is 12.2. The van der Waals surface area contributed by atoms with Crippen LogP contribution in [0.4, 0.5) is 5.82 Å². The Bertz CT molecular complexity index is 1100. The predicted molar refractivity (Wildman–Crippen MR) is 119 cm³/mol. The van der Waals surface area contributed by atoms with Gasteiger partial charge in [0.15, 0.2) is 11.6 Å². The van der Waals surface area contributed by atoms with E-state index in [0.29, 0.717) is 15.2 Å². The van der Waals surface area contributed by atoms with Crippen LogP contribution in [0.3, 0.4) is 0 Å². The van der Waals surface area contributed by atoms with Crippen molar-refractivity contribution in [1.82, 2.24) is 9.97 Å². The van der Waals surface area contributed by atoms with Crippen molar-refractivity contribution in [3.8, 4) is 11.5 Å². The third kappa shape index (κ3) is 6.87. The Morgan fingerprint density at radius 3 is 2.31 bits per heavy atom. The summed E-state index contributed by atoms with van der Waals surface area (Å²) in [5, 5.41) is 0.592. The molecule has 0 spiro atoms. The minimum absolute atomic E-state index is 0.0640. The Labute approximate surface area is 195 Å². The lowest BCUT2D eigenvalue weighted by atomic mass is 10.4. The number of thiophene rings is 1. The van der Waals surface area contributed by atoms with Gasteiger partial charge in [-0.05, 0) is 28.1 Å². The third-order valence-corrected chi connectivity index (χ3v) is 6.83. The summed E-state index contributed by atoms with van der Waals surface area (Å²) in [6, 6.07) is 4.57. The van der Waals surface area contributed by atoms with Gasteiger partial charge in [0.05, 0.1) is 29.8 Å². The lowest BCUT2D eigenvalue weighted by molar-refractivity contribution is 0.413. The highest BCUT2D eigenvalue weighted by atomic mass is 79.9. The number of aromatic nitrogens is 2. The predicted octanol–water partition coefficient (Wildman–Crippen LogP) is 5.77. The van der Waals surface area contributed by atoms with Crippen molar-refractivity contribution in [3.05, 3.63) is 55.0 Å². The summed E-state index contributed by atoms with van der Waals surface area (Å²) >= 11 is 21.4. The Morgan fingerprint density at radius 1 is 1.07 bits per heavy atom. The van der Waals surface area contributed by atoms with Gasteiger partial charge in [-0.3, -0.25) is 9.71 Å². The van der Waals surface area contributed by atoms with Gasteiger partial charge in [-0.2, -0.15) is 0 Å². The van der Waals surface area contributed by atoms with Crippen molar-refractivity contribution in [2.45, 2.75) is 4.90 Å². The van der Waals surface area contributed by atoms with Gasteiger partial charge in [-0.15, -0.1) is 11.3 Å². The van der Waals surface area contributed by atoms with Crippen LogP contribution >= 0.6 is 62.1 Å². The number of ether oxygens (including phenoxy) is 2. The van der Waals surface area contributed by atoms with E-state index in [2.05, 4.69) is 30.6 Å². The molecule has 7 nitrogen and oxygen atoms in total. The second kappa shape index (κ2) is 10.6. The van der Waals surface area contributed by atoms with Gasteiger partial charge in [0.2, 0.25) is 0 Å². The molecule has 0 saturated carbocycles. The molecule has 0 fully saturated rings. The molecule has 0 aromatic carbocycles. The van der Waals surface area contributed by atoms with Gasteiger partial charge in [0.1, 0.15) is 15.0 Å². The fraction of sp³-hybridized carbons (Fsp3) is 0.125. The molecule has 0 aliphatic heterocycles. The monoisotopic (exact) mass is 559 g/mol. The summed E-state index contributed by atoms with van der Waals surface area (Å²) < 4.78 is 37.7. The first-order valence-electron chi connectivity index (χ1n) is 7.48. The zero-order valence-corrected chi connectivity index (χ0v) is 20.3. The molecule has 13 heteroatoms. The highest BCUT2D eigenvalue weighted by Crippen LogP contribution is 2.36. The second-order valence-electron chi connectivity index (χ2n) is 5.04. The molecule has 1 N–H and O–H groups in total. The molecule has 3 rings (SSSR count). The molecule has 0 bridgehead atoms. The number of anilines is 1. The van der Waals surface area contributed by atoms with Gasteiger partial charge in [-0.25, -0.2) is 13.4 Å². The Kier molecular flexibility index (Phi) is 8.80. The van der Waals surface area contributed by atoms with Gasteiger partial charge < -0.3 is 9.47 Å². The molecule has 0 aliphatic rings. The first-order valence-corrected chi connectivity index (χ1v) is 11.7. The molecule has 0 aliphatic carbocycles. The van der Waals surface area contributed by atoms with Crippen LogP contribution in [-0.4, -0.2) is 32.6 Å². The molecule has 3 heterocycles. The number of nitrogens with one attached hydrogen (secondary N) is 1. The van der Waals surface area contributed by atoms with Crippen LogP contribution in [0.2, 0.25) is 13.7 Å². The van der Waals surface area contributed by atoms with Crippen LogP contribution in [0, 0.1) is 0 Å². The van der Waals surface area contributed by atoms with E-state index < -0.39 is 10.0 Å². The second-order valence-corrected chi connectivity index (χ2v) is 10.3. The van der Waals surface area contributed by atoms with E-state index in [1.807, 2.05) is 0 Å².